The molecule has 1 aromatic heterocycles. The van der Waals surface area contributed by atoms with Crippen LogP contribution < -0.4 is 16.0 Å². The lowest BCUT2D eigenvalue weighted by molar-refractivity contribution is 0.146. The van der Waals surface area contributed by atoms with Crippen LogP contribution in [0.4, 0.5) is 14.5 Å². The molecule has 0 atom stereocenters. The van der Waals surface area contributed by atoms with Crippen molar-refractivity contribution in [3.8, 4) is 5.75 Å². The molecule has 0 aliphatic rings. The standard InChI is InChI=1S/C11H10ClF2N3O/c1-18-8-3-2-5(12)10-9(8)6(17-15)4-7(16-10)11(13)14/h2-4,11H,15H2,1H3,(H,16,17). The number of nitrogens with one attached hydrogen (secondary N) is 1. The Morgan fingerprint density at radius 3 is 2.72 bits per heavy atom. The van der Waals surface area contributed by atoms with Crippen LogP contribution in [0.1, 0.15) is 12.1 Å². The minimum atomic E-state index is -2.70. The van der Waals surface area contributed by atoms with Gasteiger partial charge >= 0.3 is 0 Å². The largest absolute Gasteiger partial charge is 0.496 e. The number of halogens is 3. The number of nitrogen functional groups attached to an aromatic ring is 1. The summed E-state index contributed by atoms with van der Waals surface area (Å²) in [6.07, 6.45) is -2.70. The third-order valence-corrected chi connectivity index (χ3v) is 2.80. The first-order valence-corrected chi connectivity index (χ1v) is 5.38. The van der Waals surface area contributed by atoms with Crippen molar-refractivity contribution in [1.29, 1.82) is 0 Å². The number of alkyl halides is 2. The molecule has 1 aromatic carbocycles. The van der Waals surface area contributed by atoms with Gasteiger partial charge in [-0.25, -0.2) is 13.8 Å². The first kappa shape index (κ1) is 12.8. The van der Waals surface area contributed by atoms with Crippen molar-refractivity contribution in [3.05, 3.63) is 28.9 Å². The van der Waals surface area contributed by atoms with Gasteiger partial charge in [0.25, 0.3) is 6.43 Å². The van der Waals surface area contributed by atoms with Crippen LogP contribution in [0.25, 0.3) is 10.9 Å². The quantitative estimate of drug-likeness (QED) is 0.666. The summed E-state index contributed by atoms with van der Waals surface area (Å²) in [6, 6.07) is 4.33. The van der Waals surface area contributed by atoms with E-state index in [1.807, 2.05) is 0 Å². The molecule has 0 saturated heterocycles. The van der Waals surface area contributed by atoms with E-state index in [4.69, 9.17) is 22.2 Å². The molecule has 4 nitrogen and oxygen atoms in total. The van der Waals surface area contributed by atoms with E-state index in [2.05, 4.69) is 10.4 Å². The van der Waals surface area contributed by atoms with Crippen molar-refractivity contribution in [2.45, 2.75) is 6.43 Å². The van der Waals surface area contributed by atoms with Gasteiger partial charge in [-0.1, -0.05) is 11.6 Å². The van der Waals surface area contributed by atoms with Gasteiger partial charge in [0.1, 0.15) is 11.4 Å². The lowest BCUT2D eigenvalue weighted by atomic mass is 10.1. The second kappa shape index (κ2) is 4.91. The summed E-state index contributed by atoms with van der Waals surface area (Å²) < 4.78 is 30.6. The molecule has 2 rings (SSSR count). The van der Waals surface area contributed by atoms with E-state index in [0.717, 1.165) is 0 Å². The van der Waals surface area contributed by atoms with E-state index < -0.39 is 12.1 Å². The summed E-state index contributed by atoms with van der Waals surface area (Å²) in [5.41, 5.74) is 2.47. The number of nitrogens with zero attached hydrogens (tertiary/aromatic N) is 1. The summed E-state index contributed by atoms with van der Waals surface area (Å²) in [6.45, 7) is 0. The highest BCUT2D eigenvalue weighted by atomic mass is 35.5. The number of ether oxygens (including phenoxy) is 1. The maximum atomic E-state index is 12.7. The fourth-order valence-corrected chi connectivity index (χ4v) is 1.89. The highest BCUT2D eigenvalue weighted by Crippen LogP contribution is 2.37. The fraction of sp³-hybridized carbons (Fsp3) is 0.182. The van der Waals surface area contributed by atoms with Gasteiger partial charge in [0.05, 0.1) is 28.7 Å². The van der Waals surface area contributed by atoms with E-state index in [1.54, 1.807) is 6.07 Å². The van der Waals surface area contributed by atoms with Gasteiger partial charge in [-0.2, -0.15) is 0 Å². The summed E-state index contributed by atoms with van der Waals surface area (Å²) >= 11 is 5.96. The van der Waals surface area contributed by atoms with Crippen LogP contribution in [0.15, 0.2) is 18.2 Å². The lowest BCUT2D eigenvalue weighted by Crippen LogP contribution is -2.09. The molecule has 0 unspecified atom stereocenters. The Morgan fingerprint density at radius 1 is 1.44 bits per heavy atom. The average molecular weight is 274 g/mol. The van der Waals surface area contributed by atoms with Crippen molar-refractivity contribution in [2.24, 2.45) is 5.84 Å². The number of benzene rings is 1. The Morgan fingerprint density at radius 2 is 2.17 bits per heavy atom. The second-order valence-corrected chi connectivity index (χ2v) is 3.92. The summed E-state index contributed by atoms with van der Waals surface area (Å²) in [4.78, 5) is 3.83. The maximum absolute atomic E-state index is 12.7. The van der Waals surface area contributed by atoms with Crippen LogP contribution in [0.2, 0.25) is 5.02 Å². The minimum Gasteiger partial charge on any atom is -0.496 e. The Labute approximate surface area is 107 Å². The molecule has 7 heteroatoms. The Bertz CT molecular complexity index is 592. The van der Waals surface area contributed by atoms with E-state index in [1.165, 1.54) is 19.2 Å². The Balaban J connectivity index is 2.86. The average Bonchev–Trinajstić information content (AvgIpc) is 2.38. The van der Waals surface area contributed by atoms with Gasteiger partial charge in [-0.05, 0) is 18.2 Å². The molecule has 0 radical (unpaired) electrons. The summed E-state index contributed by atoms with van der Waals surface area (Å²) in [5.74, 6) is 5.79. The molecule has 18 heavy (non-hydrogen) atoms. The van der Waals surface area contributed by atoms with Crippen LogP contribution in [-0.4, -0.2) is 12.1 Å². The molecule has 1 heterocycles. The van der Waals surface area contributed by atoms with Gasteiger partial charge in [-0.15, -0.1) is 0 Å². The van der Waals surface area contributed by atoms with Crippen LogP contribution >= 0.6 is 11.6 Å². The van der Waals surface area contributed by atoms with Crippen molar-refractivity contribution in [2.75, 3.05) is 12.5 Å². The zero-order chi connectivity index (χ0) is 13.3. The third kappa shape index (κ3) is 2.04. The van der Waals surface area contributed by atoms with Gasteiger partial charge < -0.3 is 10.2 Å². The first-order valence-electron chi connectivity index (χ1n) is 5.00. The number of nitrogens with two attached hydrogens (primary N) is 1. The number of hydrogen-bond donors (Lipinski definition) is 2. The number of rotatable bonds is 3. The molecule has 0 aliphatic heterocycles. The van der Waals surface area contributed by atoms with E-state index in [9.17, 15) is 8.78 Å². The first-order chi connectivity index (χ1) is 8.58. The van der Waals surface area contributed by atoms with Crippen LogP contribution in [-0.2, 0) is 0 Å². The fourth-order valence-electron chi connectivity index (χ4n) is 1.69. The maximum Gasteiger partial charge on any atom is 0.280 e. The predicted octanol–water partition coefficient (Wildman–Crippen LogP) is 3.12. The number of methoxy groups -OCH3 is 1. The molecule has 0 saturated carbocycles. The predicted molar refractivity (Wildman–Crippen MR) is 66.1 cm³/mol. The number of hydrogen-bond acceptors (Lipinski definition) is 4. The van der Waals surface area contributed by atoms with Crippen LogP contribution in [0.5, 0.6) is 5.75 Å². The highest BCUT2D eigenvalue weighted by Gasteiger charge is 2.17. The minimum absolute atomic E-state index is 0.224. The molecule has 0 bridgehead atoms. The van der Waals surface area contributed by atoms with Gasteiger partial charge in [0.2, 0.25) is 0 Å². The van der Waals surface area contributed by atoms with Crippen molar-refractivity contribution in [3.63, 3.8) is 0 Å². The monoisotopic (exact) mass is 273 g/mol. The molecule has 3 N–H and O–H groups in total. The van der Waals surface area contributed by atoms with Crippen molar-refractivity contribution >= 4 is 28.2 Å². The van der Waals surface area contributed by atoms with E-state index >= 15 is 0 Å². The van der Waals surface area contributed by atoms with Crippen LogP contribution in [0.3, 0.4) is 0 Å². The Kier molecular flexibility index (Phi) is 3.49. The van der Waals surface area contributed by atoms with Crippen LogP contribution in [0, 0.1) is 0 Å². The molecule has 0 fully saturated rings. The lowest BCUT2D eigenvalue weighted by Gasteiger charge is -2.12. The molecule has 0 spiro atoms. The normalized spacial score (nSPS) is 11.0. The molecular weight excluding hydrogens is 264 g/mol. The van der Waals surface area contributed by atoms with Gasteiger partial charge in [0.15, 0.2) is 0 Å². The zero-order valence-corrected chi connectivity index (χ0v) is 10.1. The summed E-state index contributed by atoms with van der Waals surface area (Å²) in [7, 11) is 1.46. The topological polar surface area (TPSA) is 60.2 Å². The smallest absolute Gasteiger partial charge is 0.280 e. The number of fused-ring (bicyclic) bond motifs is 1. The SMILES string of the molecule is COc1ccc(Cl)c2nc(C(F)F)cc(NN)c12. The van der Waals surface area contributed by atoms with Gasteiger partial charge in [-0.3, -0.25) is 5.84 Å². The number of hydrazine groups is 1. The van der Waals surface area contributed by atoms with Crippen molar-refractivity contribution < 1.29 is 13.5 Å². The Hall–Kier alpha value is -1.66. The third-order valence-electron chi connectivity index (χ3n) is 2.49. The second-order valence-electron chi connectivity index (χ2n) is 3.51. The molecule has 2 aromatic rings. The highest BCUT2D eigenvalue weighted by molar-refractivity contribution is 6.35. The summed E-state index contributed by atoms with van der Waals surface area (Å²) in [5, 5.41) is 0.724. The van der Waals surface area contributed by atoms with E-state index in [0.29, 0.717) is 11.1 Å². The van der Waals surface area contributed by atoms with E-state index in [-0.39, 0.29) is 16.2 Å². The molecule has 0 aliphatic carbocycles. The zero-order valence-electron chi connectivity index (χ0n) is 9.38. The number of pyridine rings is 1. The van der Waals surface area contributed by atoms with Crippen molar-refractivity contribution in [1.82, 2.24) is 4.98 Å². The molecule has 96 valence electrons. The molecular formula is C11H10ClF2N3O. The molecule has 0 amide bonds. The number of anilines is 1. The van der Waals surface area contributed by atoms with Gasteiger partial charge in [0, 0.05) is 0 Å². The number of aromatic nitrogens is 1.